The van der Waals surface area contributed by atoms with Crippen LogP contribution in [0.15, 0.2) is 15.5 Å². The lowest BCUT2D eigenvalue weighted by atomic mass is 10.3. The highest BCUT2D eigenvalue weighted by Crippen LogP contribution is 2.01. The van der Waals surface area contributed by atoms with Gasteiger partial charge in [-0.3, -0.25) is 9.80 Å². The van der Waals surface area contributed by atoms with Gasteiger partial charge in [-0.05, 0) is 5.53 Å². The van der Waals surface area contributed by atoms with Gasteiger partial charge in [-0.15, -0.1) is 0 Å². The molecule has 0 unspecified atom stereocenters. The smallest absolute Gasteiger partial charge is 0.0774 e. The lowest BCUT2D eigenvalue weighted by molar-refractivity contribution is 0.137. The van der Waals surface area contributed by atoms with Gasteiger partial charge in [-0.1, -0.05) is 10.3 Å². The molecule has 1 saturated heterocycles. The van der Waals surface area contributed by atoms with Gasteiger partial charge in [0.25, 0.3) is 0 Å². The van der Waals surface area contributed by atoms with Crippen LogP contribution in [0.2, 0.25) is 0 Å². The third-order valence-electron chi connectivity index (χ3n) is 2.39. The third-order valence-corrected chi connectivity index (χ3v) is 2.39. The number of nitrogens with zero attached hydrogens (tertiary/aromatic N) is 7. The molecule has 84 valence electrons. The first-order chi connectivity index (χ1) is 7.36. The topological polar surface area (TPSA) is 106 Å². The molecule has 15 heavy (non-hydrogen) atoms. The first kappa shape index (κ1) is 11.7. The molecule has 1 aliphatic rings. The number of nitrogens with two attached hydrogens (primary N) is 1. The fourth-order valence-electron chi connectivity index (χ4n) is 1.52. The van der Waals surface area contributed by atoms with Gasteiger partial charge in [0.15, 0.2) is 0 Å². The second kappa shape index (κ2) is 6.99. The number of azide groups is 1. The molecule has 0 saturated carbocycles. The maximum absolute atomic E-state index is 8.18. The molecule has 0 bridgehead atoms. The summed E-state index contributed by atoms with van der Waals surface area (Å²) in [6, 6.07) is 0. The molecule has 8 heteroatoms. The van der Waals surface area contributed by atoms with Crippen molar-refractivity contribution in [2.45, 2.75) is 0 Å². The van der Waals surface area contributed by atoms with Gasteiger partial charge < -0.3 is 5.84 Å². The fourth-order valence-corrected chi connectivity index (χ4v) is 1.52. The van der Waals surface area contributed by atoms with Gasteiger partial charge in [-0.2, -0.15) is 5.11 Å². The van der Waals surface area contributed by atoms with Crippen molar-refractivity contribution in [1.82, 2.24) is 9.80 Å². The second-order valence-corrected chi connectivity index (χ2v) is 3.31. The minimum Gasteiger partial charge on any atom is -0.305 e. The molecule has 0 aromatic carbocycles. The van der Waals surface area contributed by atoms with Crippen LogP contribution in [-0.4, -0.2) is 55.7 Å². The Balaban J connectivity index is 2.14. The Hall–Kier alpha value is -1.37. The highest BCUT2D eigenvalue weighted by atomic mass is 15.3. The molecule has 0 radical (unpaired) electrons. The number of piperazine rings is 1. The molecule has 8 nitrogen and oxygen atoms in total. The summed E-state index contributed by atoms with van der Waals surface area (Å²) in [4.78, 5) is 7.16. The van der Waals surface area contributed by atoms with E-state index in [1.165, 1.54) is 0 Å². The third kappa shape index (κ3) is 4.59. The van der Waals surface area contributed by atoms with Gasteiger partial charge in [-0.25, -0.2) is 0 Å². The maximum Gasteiger partial charge on any atom is 0.0774 e. The lowest BCUT2D eigenvalue weighted by Gasteiger charge is -2.33. The van der Waals surface area contributed by atoms with Crippen molar-refractivity contribution in [3.63, 3.8) is 0 Å². The fraction of sp³-hybridized carbons (Fsp3) is 1.00. The van der Waals surface area contributed by atoms with Gasteiger partial charge in [0.1, 0.15) is 0 Å². The van der Waals surface area contributed by atoms with Crippen molar-refractivity contribution in [2.24, 2.45) is 21.3 Å². The Morgan fingerprint density at radius 2 is 1.87 bits per heavy atom. The summed E-state index contributed by atoms with van der Waals surface area (Å²) in [5.41, 5.74) is 8.18. The first-order valence-corrected chi connectivity index (χ1v) is 4.89. The summed E-state index contributed by atoms with van der Waals surface area (Å²) in [6.45, 7) is 5.80. The summed E-state index contributed by atoms with van der Waals surface area (Å²) in [7, 11) is 0. The largest absolute Gasteiger partial charge is 0.305 e. The van der Waals surface area contributed by atoms with Gasteiger partial charge >= 0.3 is 0 Å². The van der Waals surface area contributed by atoms with E-state index in [0.29, 0.717) is 13.2 Å². The Labute approximate surface area is 88.3 Å². The van der Waals surface area contributed by atoms with Crippen LogP contribution < -0.4 is 5.84 Å². The van der Waals surface area contributed by atoms with Crippen molar-refractivity contribution in [2.75, 3.05) is 45.9 Å². The van der Waals surface area contributed by atoms with Crippen molar-refractivity contribution >= 4 is 0 Å². The normalized spacial score (nSPS) is 19.2. The van der Waals surface area contributed by atoms with Crippen molar-refractivity contribution in [1.29, 1.82) is 0 Å². The number of hydrogen-bond donors (Lipinski definition) is 1. The van der Waals surface area contributed by atoms with E-state index < -0.39 is 0 Å². The van der Waals surface area contributed by atoms with E-state index >= 15 is 0 Å². The number of rotatable bonds is 5. The second-order valence-electron chi connectivity index (χ2n) is 3.31. The molecule has 0 aromatic heterocycles. The van der Waals surface area contributed by atoms with Crippen molar-refractivity contribution in [3.05, 3.63) is 10.4 Å². The molecule has 1 rings (SSSR count). The van der Waals surface area contributed by atoms with Crippen LogP contribution in [0.3, 0.4) is 0 Å². The summed E-state index contributed by atoms with van der Waals surface area (Å²) >= 11 is 0. The highest BCUT2D eigenvalue weighted by Gasteiger charge is 2.15. The molecule has 1 fully saturated rings. The number of hydrogen-bond acceptors (Lipinski definition) is 5. The average Bonchev–Trinajstić information content (AvgIpc) is 2.28. The van der Waals surface area contributed by atoms with Crippen LogP contribution in [0.25, 0.3) is 10.4 Å². The highest BCUT2D eigenvalue weighted by molar-refractivity contribution is 4.71. The molecule has 0 aliphatic carbocycles. The Morgan fingerprint density at radius 1 is 1.20 bits per heavy atom. The van der Waals surface area contributed by atoms with Crippen molar-refractivity contribution in [3.8, 4) is 0 Å². The van der Waals surface area contributed by atoms with E-state index in [1.807, 2.05) is 0 Å². The van der Waals surface area contributed by atoms with Gasteiger partial charge in [0, 0.05) is 37.6 Å². The average molecular weight is 212 g/mol. The van der Waals surface area contributed by atoms with E-state index in [4.69, 9.17) is 11.4 Å². The predicted octanol–water partition coefficient (Wildman–Crippen LogP) is 0.198. The molecular weight excluding hydrogens is 196 g/mol. The molecule has 0 spiro atoms. The molecule has 0 atom stereocenters. The Kier molecular flexibility index (Phi) is 5.46. The maximum atomic E-state index is 8.18. The molecule has 0 amide bonds. The zero-order valence-corrected chi connectivity index (χ0v) is 8.66. The zero-order chi connectivity index (χ0) is 10.9. The molecule has 0 aromatic rings. The molecule has 2 N–H and O–H groups in total. The monoisotopic (exact) mass is 212 g/mol. The van der Waals surface area contributed by atoms with Crippen LogP contribution >= 0.6 is 0 Å². The van der Waals surface area contributed by atoms with Gasteiger partial charge in [0.05, 0.1) is 13.2 Å². The lowest BCUT2D eigenvalue weighted by Crippen LogP contribution is -2.46. The van der Waals surface area contributed by atoms with Crippen LogP contribution in [0, 0.1) is 0 Å². The van der Waals surface area contributed by atoms with Crippen LogP contribution in [-0.2, 0) is 0 Å². The van der Waals surface area contributed by atoms with Crippen LogP contribution in [0.5, 0.6) is 0 Å². The van der Waals surface area contributed by atoms with E-state index in [-0.39, 0.29) is 0 Å². The zero-order valence-electron chi connectivity index (χ0n) is 8.66. The predicted molar refractivity (Wildman–Crippen MR) is 55.9 cm³/mol. The quantitative estimate of drug-likeness (QED) is 0.231. The molecule has 1 aliphatic heterocycles. The molecular formula is C7H16N8. The summed E-state index contributed by atoms with van der Waals surface area (Å²) in [6.07, 6.45) is 0. The van der Waals surface area contributed by atoms with Gasteiger partial charge in [0.2, 0.25) is 0 Å². The van der Waals surface area contributed by atoms with Crippen LogP contribution in [0.4, 0.5) is 0 Å². The minimum absolute atomic E-state index is 0.465. The first-order valence-electron chi connectivity index (χ1n) is 4.89. The van der Waals surface area contributed by atoms with Crippen molar-refractivity contribution < 1.29 is 0 Å². The summed E-state index contributed by atoms with van der Waals surface area (Å²) in [5.74, 6) is 4.91. The summed E-state index contributed by atoms with van der Waals surface area (Å²) in [5, 5.41) is 10.5. The Bertz CT molecular complexity index is 237. The minimum atomic E-state index is 0.465. The van der Waals surface area contributed by atoms with E-state index in [9.17, 15) is 0 Å². The molecule has 1 heterocycles. The van der Waals surface area contributed by atoms with E-state index in [2.05, 4.69) is 30.2 Å². The van der Waals surface area contributed by atoms with E-state index in [1.54, 1.807) is 0 Å². The Morgan fingerprint density at radius 3 is 2.47 bits per heavy atom. The van der Waals surface area contributed by atoms with Crippen LogP contribution in [0.1, 0.15) is 0 Å². The van der Waals surface area contributed by atoms with E-state index in [0.717, 1.165) is 32.7 Å². The summed E-state index contributed by atoms with van der Waals surface area (Å²) < 4.78 is 0. The SMILES string of the molecule is [N-]=[N+]=NCN1CCN(CCN=NN)CC1. The standard InChI is InChI=1S/C7H16N8/c8-12-10-1-2-14-3-5-15(6-4-14)7-11-13-9/h1-7H2,(H2,8,10).